The molecule has 0 radical (unpaired) electrons. The Morgan fingerprint density at radius 1 is 1.44 bits per heavy atom. The van der Waals surface area contributed by atoms with E-state index >= 15 is 0 Å². The lowest BCUT2D eigenvalue weighted by Crippen LogP contribution is -2.21. The number of hydrogen-bond donors (Lipinski definition) is 2. The Bertz CT molecular complexity index is 413. The summed E-state index contributed by atoms with van der Waals surface area (Å²) in [5.41, 5.74) is 7.54. The van der Waals surface area contributed by atoms with Gasteiger partial charge in [0.25, 0.3) is 0 Å². The number of carboxylic acids is 1. The van der Waals surface area contributed by atoms with E-state index in [1.165, 1.54) is 5.56 Å². The summed E-state index contributed by atoms with van der Waals surface area (Å²) in [6, 6.07) is 7.82. The smallest absolute Gasteiger partial charge is 0.312 e. The standard InChI is InChI=1S/C14H19NO3/c15-9-13(14(16)17)12-3-1-2-11(8-12)10-4-6-18-7-5-10/h1-3,8,10,13H,4-7,9,15H2,(H,16,17). The van der Waals surface area contributed by atoms with Crippen molar-refractivity contribution in [1.29, 1.82) is 0 Å². The first kappa shape index (κ1) is 13.1. The van der Waals surface area contributed by atoms with E-state index in [-0.39, 0.29) is 6.54 Å². The van der Waals surface area contributed by atoms with E-state index in [9.17, 15) is 4.79 Å². The van der Waals surface area contributed by atoms with Crippen molar-refractivity contribution in [2.75, 3.05) is 19.8 Å². The molecule has 0 aliphatic carbocycles. The molecule has 1 aliphatic rings. The minimum absolute atomic E-state index is 0.132. The summed E-state index contributed by atoms with van der Waals surface area (Å²) in [5, 5.41) is 9.13. The molecule has 0 aromatic heterocycles. The number of rotatable bonds is 4. The van der Waals surface area contributed by atoms with E-state index in [1.54, 1.807) is 0 Å². The first-order valence-electron chi connectivity index (χ1n) is 6.33. The van der Waals surface area contributed by atoms with Crippen molar-refractivity contribution in [3.8, 4) is 0 Å². The first-order chi connectivity index (χ1) is 8.72. The average Bonchev–Trinajstić information content (AvgIpc) is 2.40. The van der Waals surface area contributed by atoms with Crippen molar-refractivity contribution in [3.63, 3.8) is 0 Å². The highest BCUT2D eigenvalue weighted by Gasteiger charge is 2.20. The molecule has 98 valence electrons. The van der Waals surface area contributed by atoms with Gasteiger partial charge in [0.1, 0.15) is 0 Å². The highest BCUT2D eigenvalue weighted by molar-refractivity contribution is 5.76. The molecule has 2 rings (SSSR count). The maximum atomic E-state index is 11.1. The van der Waals surface area contributed by atoms with Gasteiger partial charge in [-0.25, -0.2) is 0 Å². The van der Waals surface area contributed by atoms with Gasteiger partial charge in [-0.2, -0.15) is 0 Å². The van der Waals surface area contributed by atoms with Crippen LogP contribution in [0.25, 0.3) is 0 Å². The molecule has 1 saturated heterocycles. The van der Waals surface area contributed by atoms with Crippen LogP contribution in [0, 0.1) is 0 Å². The number of benzene rings is 1. The van der Waals surface area contributed by atoms with Crippen LogP contribution in [0.5, 0.6) is 0 Å². The van der Waals surface area contributed by atoms with Crippen LogP contribution < -0.4 is 5.73 Å². The minimum Gasteiger partial charge on any atom is -0.481 e. The third kappa shape index (κ3) is 2.89. The van der Waals surface area contributed by atoms with Crippen LogP contribution in [-0.2, 0) is 9.53 Å². The van der Waals surface area contributed by atoms with Crippen molar-refractivity contribution in [2.24, 2.45) is 5.73 Å². The lowest BCUT2D eigenvalue weighted by atomic mass is 9.88. The van der Waals surface area contributed by atoms with E-state index in [2.05, 4.69) is 6.07 Å². The summed E-state index contributed by atoms with van der Waals surface area (Å²) in [5.74, 6) is -0.989. The lowest BCUT2D eigenvalue weighted by Gasteiger charge is -2.23. The molecule has 1 fully saturated rings. The molecule has 0 amide bonds. The monoisotopic (exact) mass is 249 g/mol. The zero-order valence-electron chi connectivity index (χ0n) is 10.3. The number of nitrogens with two attached hydrogens (primary N) is 1. The van der Waals surface area contributed by atoms with Crippen molar-refractivity contribution in [3.05, 3.63) is 35.4 Å². The Balaban J connectivity index is 2.20. The molecule has 1 atom stereocenters. The summed E-state index contributed by atoms with van der Waals surface area (Å²) >= 11 is 0. The normalized spacial score (nSPS) is 18.5. The van der Waals surface area contributed by atoms with Crippen molar-refractivity contribution < 1.29 is 14.6 Å². The van der Waals surface area contributed by atoms with Crippen LogP contribution in [0.2, 0.25) is 0 Å². The van der Waals surface area contributed by atoms with Crippen LogP contribution in [-0.4, -0.2) is 30.8 Å². The molecule has 0 saturated carbocycles. The van der Waals surface area contributed by atoms with E-state index < -0.39 is 11.9 Å². The fourth-order valence-corrected chi connectivity index (χ4v) is 2.44. The molecule has 1 heterocycles. The maximum Gasteiger partial charge on any atom is 0.312 e. The average molecular weight is 249 g/mol. The zero-order chi connectivity index (χ0) is 13.0. The lowest BCUT2D eigenvalue weighted by molar-refractivity contribution is -0.138. The summed E-state index contributed by atoms with van der Waals surface area (Å²) < 4.78 is 5.34. The van der Waals surface area contributed by atoms with Gasteiger partial charge in [0.15, 0.2) is 0 Å². The second-order valence-corrected chi connectivity index (χ2v) is 4.68. The third-order valence-corrected chi connectivity index (χ3v) is 3.54. The molecule has 4 nitrogen and oxygen atoms in total. The largest absolute Gasteiger partial charge is 0.481 e. The Labute approximate surface area is 107 Å². The number of carboxylic acid groups (broad SMARTS) is 1. The molecular weight excluding hydrogens is 230 g/mol. The van der Waals surface area contributed by atoms with Crippen LogP contribution in [0.1, 0.15) is 35.8 Å². The van der Waals surface area contributed by atoms with Crippen LogP contribution in [0.15, 0.2) is 24.3 Å². The van der Waals surface area contributed by atoms with Crippen LogP contribution >= 0.6 is 0 Å². The van der Waals surface area contributed by atoms with Crippen LogP contribution in [0.4, 0.5) is 0 Å². The fraction of sp³-hybridized carbons (Fsp3) is 0.500. The quantitative estimate of drug-likeness (QED) is 0.852. The highest BCUT2D eigenvalue weighted by Crippen LogP contribution is 2.28. The second-order valence-electron chi connectivity index (χ2n) is 4.68. The van der Waals surface area contributed by atoms with Gasteiger partial charge < -0.3 is 15.6 Å². The summed E-state index contributed by atoms with van der Waals surface area (Å²) in [6.45, 7) is 1.70. The predicted molar refractivity (Wildman–Crippen MR) is 68.7 cm³/mol. The van der Waals surface area contributed by atoms with Gasteiger partial charge in [-0.05, 0) is 29.9 Å². The van der Waals surface area contributed by atoms with Gasteiger partial charge in [0.05, 0.1) is 5.92 Å². The van der Waals surface area contributed by atoms with Gasteiger partial charge >= 0.3 is 5.97 Å². The summed E-state index contributed by atoms with van der Waals surface area (Å²) in [4.78, 5) is 11.1. The minimum atomic E-state index is -0.860. The van der Waals surface area contributed by atoms with Crippen molar-refractivity contribution >= 4 is 5.97 Å². The Hall–Kier alpha value is -1.39. The molecule has 3 N–H and O–H groups in total. The van der Waals surface area contributed by atoms with Gasteiger partial charge in [0.2, 0.25) is 0 Å². The van der Waals surface area contributed by atoms with E-state index in [0.29, 0.717) is 5.92 Å². The molecule has 0 bridgehead atoms. The first-order valence-corrected chi connectivity index (χ1v) is 6.33. The molecule has 1 aromatic rings. The molecule has 1 aliphatic heterocycles. The second kappa shape index (κ2) is 5.98. The van der Waals surface area contributed by atoms with Crippen molar-refractivity contribution in [2.45, 2.75) is 24.7 Å². The van der Waals surface area contributed by atoms with Crippen molar-refractivity contribution in [1.82, 2.24) is 0 Å². The zero-order valence-corrected chi connectivity index (χ0v) is 10.3. The molecular formula is C14H19NO3. The van der Waals surface area contributed by atoms with Gasteiger partial charge in [-0.15, -0.1) is 0 Å². The maximum absolute atomic E-state index is 11.1. The Morgan fingerprint density at radius 3 is 2.78 bits per heavy atom. The molecule has 4 heteroatoms. The van der Waals surface area contributed by atoms with E-state index in [1.807, 2.05) is 18.2 Å². The van der Waals surface area contributed by atoms with Gasteiger partial charge in [-0.3, -0.25) is 4.79 Å². The van der Waals surface area contributed by atoms with Gasteiger partial charge in [-0.1, -0.05) is 24.3 Å². The van der Waals surface area contributed by atoms with E-state index in [4.69, 9.17) is 15.6 Å². The number of aliphatic carboxylic acids is 1. The molecule has 18 heavy (non-hydrogen) atoms. The van der Waals surface area contributed by atoms with Gasteiger partial charge in [0, 0.05) is 19.8 Å². The number of carbonyl (C=O) groups is 1. The third-order valence-electron chi connectivity index (χ3n) is 3.54. The molecule has 1 unspecified atom stereocenters. The predicted octanol–water partition coefficient (Wildman–Crippen LogP) is 1.71. The number of hydrogen-bond acceptors (Lipinski definition) is 3. The Kier molecular flexibility index (Phi) is 4.33. The number of ether oxygens (including phenoxy) is 1. The van der Waals surface area contributed by atoms with Crippen LogP contribution in [0.3, 0.4) is 0 Å². The highest BCUT2D eigenvalue weighted by atomic mass is 16.5. The Morgan fingerprint density at radius 2 is 2.17 bits per heavy atom. The SMILES string of the molecule is NCC(C(=O)O)c1cccc(C2CCOCC2)c1. The molecule has 1 aromatic carbocycles. The topological polar surface area (TPSA) is 72.6 Å². The van der Waals surface area contributed by atoms with E-state index in [0.717, 1.165) is 31.6 Å². The fourth-order valence-electron chi connectivity index (χ4n) is 2.44. The molecule has 0 spiro atoms. The summed E-state index contributed by atoms with van der Waals surface area (Å²) in [7, 11) is 0. The summed E-state index contributed by atoms with van der Waals surface area (Å²) in [6.07, 6.45) is 2.01.